The zero-order valence-corrected chi connectivity index (χ0v) is 21.1. The number of aryl methyl sites for hydroxylation is 1. The number of carbonyl (C=O) groups excluding carboxylic acids is 1. The van der Waals surface area contributed by atoms with Gasteiger partial charge in [0.2, 0.25) is 0 Å². The molecule has 3 fully saturated rings. The van der Waals surface area contributed by atoms with Crippen LogP contribution >= 0.6 is 0 Å². The van der Waals surface area contributed by atoms with Crippen molar-refractivity contribution in [1.29, 1.82) is 0 Å². The van der Waals surface area contributed by atoms with Crippen molar-refractivity contribution >= 4 is 15.9 Å². The van der Waals surface area contributed by atoms with E-state index in [0.717, 1.165) is 32.1 Å². The van der Waals surface area contributed by atoms with Gasteiger partial charge in [-0.3, -0.25) is 9.35 Å². The number of Topliss-reactive ketones (excluding diaryl/α,β-unsaturated/α-hetero) is 1. The molecule has 1 N–H and O–H groups in total. The minimum absolute atomic E-state index is 0.000711. The molecule has 4 nitrogen and oxygen atoms in total. The van der Waals surface area contributed by atoms with Gasteiger partial charge in [0.15, 0.2) is 0 Å². The number of carbonyl (C=O) groups is 1. The molecule has 0 radical (unpaired) electrons. The summed E-state index contributed by atoms with van der Waals surface area (Å²) in [4.78, 5) is 12.7. The molecule has 0 aliphatic heterocycles. The van der Waals surface area contributed by atoms with Crippen LogP contribution < -0.4 is 0 Å². The highest BCUT2D eigenvalue weighted by Gasteiger charge is 2.57. The van der Waals surface area contributed by atoms with Crippen LogP contribution in [-0.2, 0) is 27.5 Å². The molecule has 0 amide bonds. The van der Waals surface area contributed by atoms with Crippen molar-refractivity contribution in [3.63, 3.8) is 0 Å². The maximum Gasteiger partial charge on any atom is 0.416 e. The molecule has 0 aromatic heterocycles. The number of alkyl halides is 3. The molecule has 35 heavy (non-hydrogen) atoms. The lowest BCUT2D eigenvalue weighted by atomic mass is 9.53. The van der Waals surface area contributed by atoms with Gasteiger partial charge in [-0.05, 0) is 90.9 Å². The first-order valence-electron chi connectivity index (χ1n) is 13.1. The van der Waals surface area contributed by atoms with E-state index >= 15 is 0 Å². The summed E-state index contributed by atoms with van der Waals surface area (Å²) in [6.07, 6.45) is 5.91. The number of hydrogen-bond acceptors (Lipinski definition) is 3. The Kier molecular flexibility index (Phi) is 6.39. The van der Waals surface area contributed by atoms with Crippen molar-refractivity contribution in [1.82, 2.24) is 0 Å². The van der Waals surface area contributed by atoms with Crippen molar-refractivity contribution in [2.75, 3.05) is 0 Å². The molecule has 0 bridgehead atoms. The predicted molar refractivity (Wildman–Crippen MR) is 126 cm³/mol. The fraction of sp³-hybridized carbons (Fsp3) is 0.741. The van der Waals surface area contributed by atoms with Crippen LogP contribution in [0.3, 0.4) is 0 Å². The van der Waals surface area contributed by atoms with Gasteiger partial charge in [0.25, 0.3) is 10.1 Å². The molecule has 0 spiro atoms. The second-order valence-electron chi connectivity index (χ2n) is 11.8. The van der Waals surface area contributed by atoms with Crippen molar-refractivity contribution in [3.05, 3.63) is 28.8 Å². The monoisotopic (exact) mass is 512 g/mol. The standard InChI is InChI=1S/C27H35F3O4S/c1-26-12-11-20-19(21(26)9-10-22(26)24(31)13-16-5-3-2-4-6-16)8-7-17-14-18(35(32,33)34)15-23(25(17)20)27(28,29)30/h14-16,19-22H,2-13H2,1H3,(H,32,33,34)/t19-,20+,21+,22-,26+/m1/s1. The summed E-state index contributed by atoms with van der Waals surface area (Å²) in [6.45, 7) is 2.20. The summed E-state index contributed by atoms with van der Waals surface area (Å²) in [5.74, 6) is 0.828. The van der Waals surface area contributed by atoms with Gasteiger partial charge in [-0.25, -0.2) is 0 Å². The van der Waals surface area contributed by atoms with Gasteiger partial charge in [-0.15, -0.1) is 0 Å². The summed E-state index contributed by atoms with van der Waals surface area (Å²) in [7, 11) is -4.74. The van der Waals surface area contributed by atoms with Crippen LogP contribution in [0, 0.1) is 29.1 Å². The minimum atomic E-state index is -4.74. The Morgan fingerprint density at radius 1 is 1.06 bits per heavy atom. The molecule has 5 rings (SSSR count). The largest absolute Gasteiger partial charge is 0.416 e. The Labute approximate surface area is 205 Å². The lowest BCUT2D eigenvalue weighted by molar-refractivity contribution is -0.139. The highest BCUT2D eigenvalue weighted by Crippen LogP contribution is 2.64. The van der Waals surface area contributed by atoms with Gasteiger partial charge in [0, 0.05) is 12.3 Å². The van der Waals surface area contributed by atoms with E-state index in [1.807, 2.05) is 0 Å². The predicted octanol–water partition coefficient (Wildman–Crippen LogP) is 6.96. The number of fused-ring (bicyclic) bond motifs is 5. The third-order valence-corrected chi connectivity index (χ3v) is 10.8. The maximum absolute atomic E-state index is 14.1. The van der Waals surface area contributed by atoms with E-state index in [0.29, 0.717) is 49.0 Å². The Morgan fingerprint density at radius 2 is 1.77 bits per heavy atom. The molecule has 0 unspecified atom stereocenters. The fourth-order valence-electron chi connectivity index (χ4n) is 8.43. The van der Waals surface area contributed by atoms with Gasteiger partial charge in [-0.2, -0.15) is 21.6 Å². The fourth-order valence-corrected chi connectivity index (χ4v) is 8.99. The number of halogens is 3. The summed E-state index contributed by atoms with van der Waals surface area (Å²) >= 11 is 0. The first kappa shape index (κ1) is 25.2. The minimum Gasteiger partial charge on any atom is -0.299 e. The van der Waals surface area contributed by atoms with Crippen molar-refractivity contribution in [2.24, 2.45) is 29.1 Å². The Bertz CT molecular complexity index is 1110. The van der Waals surface area contributed by atoms with Crippen molar-refractivity contribution in [2.45, 2.75) is 101 Å². The number of ketones is 1. The average Bonchev–Trinajstić information content (AvgIpc) is 3.15. The van der Waals surface area contributed by atoms with E-state index in [1.165, 1.54) is 25.3 Å². The van der Waals surface area contributed by atoms with Crippen LogP contribution in [0.2, 0.25) is 0 Å². The Hall–Kier alpha value is -1.41. The van der Waals surface area contributed by atoms with Crippen LogP contribution in [0.15, 0.2) is 17.0 Å². The molecule has 4 aliphatic rings. The van der Waals surface area contributed by atoms with E-state index in [-0.39, 0.29) is 34.7 Å². The van der Waals surface area contributed by atoms with Gasteiger partial charge in [0.05, 0.1) is 10.5 Å². The quantitative estimate of drug-likeness (QED) is 0.443. The molecule has 1 aromatic rings. The molecular weight excluding hydrogens is 477 g/mol. The molecular formula is C27H35F3O4S. The lowest BCUT2D eigenvalue weighted by Crippen LogP contribution is -2.44. The van der Waals surface area contributed by atoms with Gasteiger partial charge in [-0.1, -0.05) is 39.0 Å². The van der Waals surface area contributed by atoms with Crippen molar-refractivity contribution < 1.29 is 30.9 Å². The molecule has 5 atom stereocenters. The van der Waals surface area contributed by atoms with E-state index in [9.17, 15) is 30.9 Å². The Balaban J connectivity index is 1.44. The topological polar surface area (TPSA) is 71.4 Å². The van der Waals surface area contributed by atoms with Crippen LogP contribution in [0.25, 0.3) is 0 Å². The molecule has 194 valence electrons. The molecule has 4 aliphatic carbocycles. The third kappa shape index (κ3) is 4.47. The highest BCUT2D eigenvalue weighted by atomic mass is 32.2. The third-order valence-electron chi connectivity index (χ3n) is 10.0. The normalized spacial score (nSPS) is 33.6. The molecule has 8 heteroatoms. The summed E-state index contributed by atoms with van der Waals surface area (Å²) in [6, 6.07) is 1.84. The molecule has 3 saturated carbocycles. The van der Waals surface area contributed by atoms with Crippen molar-refractivity contribution in [3.8, 4) is 0 Å². The maximum atomic E-state index is 14.1. The summed E-state index contributed by atoms with van der Waals surface area (Å²) < 4.78 is 75.1. The molecule has 1 aromatic carbocycles. The van der Waals surface area contributed by atoms with E-state index < -0.39 is 26.8 Å². The van der Waals surface area contributed by atoms with Gasteiger partial charge < -0.3 is 0 Å². The van der Waals surface area contributed by atoms with Crippen LogP contribution in [0.5, 0.6) is 0 Å². The van der Waals surface area contributed by atoms with Crippen LogP contribution in [0.1, 0.15) is 100 Å². The van der Waals surface area contributed by atoms with Crippen LogP contribution in [0.4, 0.5) is 13.2 Å². The summed E-state index contributed by atoms with van der Waals surface area (Å²) in [5.41, 5.74) is -0.485. The van der Waals surface area contributed by atoms with Gasteiger partial charge >= 0.3 is 6.18 Å². The zero-order valence-electron chi connectivity index (χ0n) is 20.2. The summed E-state index contributed by atoms with van der Waals surface area (Å²) in [5, 5.41) is 0. The second-order valence-corrected chi connectivity index (χ2v) is 13.2. The molecule has 0 heterocycles. The SMILES string of the molecule is C[C@]12CC[C@@H]3c4c(cc(S(=O)(=O)O)cc4C(F)(F)F)CC[C@H]3[C@@H]1CC[C@@H]2C(=O)CC1CCCCC1. The first-order chi connectivity index (χ1) is 16.4. The Morgan fingerprint density at radius 3 is 2.43 bits per heavy atom. The lowest BCUT2D eigenvalue weighted by Gasteiger charge is -2.51. The smallest absolute Gasteiger partial charge is 0.299 e. The first-order valence-corrected chi connectivity index (χ1v) is 14.6. The van der Waals surface area contributed by atoms with E-state index in [4.69, 9.17) is 0 Å². The number of rotatable bonds is 4. The second kappa shape index (κ2) is 8.86. The van der Waals surface area contributed by atoms with E-state index in [2.05, 4.69) is 6.92 Å². The van der Waals surface area contributed by atoms with Crippen LogP contribution in [-0.4, -0.2) is 18.8 Å². The number of benzene rings is 1. The van der Waals surface area contributed by atoms with Gasteiger partial charge in [0.1, 0.15) is 5.78 Å². The average molecular weight is 513 g/mol. The van der Waals surface area contributed by atoms with E-state index in [1.54, 1.807) is 0 Å². The highest BCUT2D eigenvalue weighted by molar-refractivity contribution is 7.85. The zero-order chi connectivity index (χ0) is 25.2. The molecule has 0 saturated heterocycles. The number of hydrogen-bond donors (Lipinski definition) is 1.